The summed E-state index contributed by atoms with van der Waals surface area (Å²) in [4.78, 5) is 53.4. The number of benzene rings is 2. The number of halogens is 4. The summed E-state index contributed by atoms with van der Waals surface area (Å²) >= 11 is 6.01. The van der Waals surface area contributed by atoms with Gasteiger partial charge in [0.2, 0.25) is 0 Å². The molecule has 2 unspecified atom stereocenters. The number of carbonyl (C=O) groups excluding carboxylic acids is 2. The predicted molar refractivity (Wildman–Crippen MR) is 151 cm³/mol. The van der Waals surface area contributed by atoms with E-state index in [1.54, 1.807) is 0 Å². The Morgan fingerprint density at radius 1 is 1.19 bits per heavy atom. The summed E-state index contributed by atoms with van der Waals surface area (Å²) in [6, 6.07) is 5.60. The maximum absolute atomic E-state index is 15.2. The minimum atomic E-state index is -2.96. The summed E-state index contributed by atoms with van der Waals surface area (Å²) in [6.45, 7) is 1.01. The fourth-order valence-corrected chi connectivity index (χ4v) is 5.04. The number of aromatic nitrogens is 2. The molecule has 1 aliphatic carbocycles. The lowest BCUT2D eigenvalue weighted by atomic mass is 10.1. The molecule has 2 aromatic carbocycles. The molecule has 2 heterocycles. The van der Waals surface area contributed by atoms with Crippen molar-refractivity contribution >= 4 is 45.8 Å². The highest BCUT2D eigenvalue weighted by Crippen LogP contribution is 2.30. The Morgan fingerprint density at radius 2 is 1.93 bits per heavy atom. The van der Waals surface area contributed by atoms with Crippen molar-refractivity contribution in [3.8, 4) is 6.07 Å². The number of anilines is 2. The quantitative estimate of drug-likeness (QED) is 0.411. The van der Waals surface area contributed by atoms with E-state index >= 15 is 4.39 Å². The second-order valence-electron chi connectivity index (χ2n) is 10.5. The number of nitrogens with zero attached hydrogens (tertiary/aromatic N) is 4. The van der Waals surface area contributed by atoms with Crippen LogP contribution in [0.25, 0.3) is 10.9 Å². The highest BCUT2D eigenvalue weighted by atomic mass is 35.5. The van der Waals surface area contributed by atoms with Gasteiger partial charge < -0.3 is 20.3 Å². The molecule has 11 nitrogen and oxygen atoms in total. The molecule has 2 atom stereocenters. The molecule has 15 heteroatoms. The van der Waals surface area contributed by atoms with Crippen LogP contribution in [0.15, 0.2) is 39.9 Å². The fraction of sp³-hybridized carbons (Fsp3) is 0.393. The smallest absolute Gasteiger partial charge is 0.331 e. The predicted octanol–water partition coefficient (Wildman–Crippen LogP) is 3.93. The van der Waals surface area contributed by atoms with Gasteiger partial charge in [-0.15, -0.1) is 0 Å². The lowest BCUT2D eigenvalue weighted by molar-refractivity contribution is -0.131. The normalized spacial score (nSPS) is 17.5. The summed E-state index contributed by atoms with van der Waals surface area (Å²) in [6.07, 6.45) is -2.47. The topological polar surface area (TPSA) is 138 Å². The van der Waals surface area contributed by atoms with Gasteiger partial charge in [-0.1, -0.05) is 11.6 Å². The largest absolute Gasteiger partial charge is 0.365 e. The van der Waals surface area contributed by atoms with Crippen LogP contribution in [0.3, 0.4) is 0 Å². The van der Waals surface area contributed by atoms with Crippen LogP contribution in [0.5, 0.6) is 0 Å². The Labute approximate surface area is 247 Å². The number of hydrogen-bond donors (Lipinski definition) is 2. The van der Waals surface area contributed by atoms with E-state index in [9.17, 15) is 28.0 Å². The molecule has 2 N–H and O–H groups in total. The van der Waals surface area contributed by atoms with E-state index in [1.807, 2.05) is 6.07 Å². The van der Waals surface area contributed by atoms with E-state index in [1.165, 1.54) is 23.1 Å². The zero-order chi connectivity index (χ0) is 31.0. The number of morpholine rings is 1. The molecule has 1 saturated carbocycles. The van der Waals surface area contributed by atoms with E-state index < -0.39 is 53.3 Å². The Hall–Kier alpha value is -4.35. The number of fused-ring (bicyclic) bond motifs is 1. The molecule has 0 spiro atoms. The fourth-order valence-electron chi connectivity index (χ4n) is 4.81. The molecule has 2 aliphatic rings. The first kappa shape index (κ1) is 30.1. The van der Waals surface area contributed by atoms with Crippen LogP contribution in [-0.4, -0.2) is 58.2 Å². The van der Waals surface area contributed by atoms with Crippen LogP contribution in [-0.2, 0) is 16.1 Å². The number of rotatable bonds is 7. The average Bonchev–Trinajstić information content (AvgIpc) is 3.80. The van der Waals surface area contributed by atoms with Gasteiger partial charge in [0.1, 0.15) is 11.9 Å². The van der Waals surface area contributed by atoms with Crippen LogP contribution in [0.1, 0.15) is 31.4 Å². The SMILES string of the molecule is CC(C(F)F)n1c(=O)n(CC2CC2)c(=O)c2cc(NC(=O)N3CCOC(C(=O)Nc4ccc(C#N)c(Cl)c4)C3)c(F)cc21. The molecule has 0 radical (unpaired) electrons. The first-order valence-corrected chi connectivity index (χ1v) is 13.8. The van der Waals surface area contributed by atoms with Crippen LogP contribution < -0.4 is 21.9 Å². The van der Waals surface area contributed by atoms with Crippen molar-refractivity contribution in [2.75, 3.05) is 30.3 Å². The van der Waals surface area contributed by atoms with Crippen molar-refractivity contribution in [1.82, 2.24) is 14.0 Å². The van der Waals surface area contributed by atoms with Crippen LogP contribution in [0.4, 0.5) is 29.3 Å². The van der Waals surface area contributed by atoms with Gasteiger partial charge >= 0.3 is 11.7 Å². The van der Waals surface area contributed by atoms with Gasteiger partial charge in [0, 0.05) is 24.8 Å². The Bertz CT molecular complexity index is 1770. The lowest BCUT2D eigenvalue weighted by Crippen LogP contribution is -2.51. The van der Waals surface area contributed by atoms with E-state index in [-0.39, 0.29) is 53.6 Å². The number of nitriles is 1. The molecule has 0 bridgehead atoms. The minimum Gasteiger partial charge on any atom is -0.365 e. The lowest BCUT2D eigenvalue weighted by Gasteiger charge is -2.32. The maximum Gasteiger partial charge on any atom is 0.331 e. The maximum atomic E-state index is 15.2. The standard InChI is InChI=1S/C28H26ClF3N6O5/c1-14(24(31)32)38-22-10-20(30)21(9-18(22)26(40)37(28(38)42)12-15-2-3-15)35-27(41)36-6-7-43-23(13-36)25(39)34-17-5-4-16(11-33)19(29)8-17/h4-5,8-10,14-15,23-24H,2-3,6-7,12-13H2,1H3,(H,34,39)(H,35,41). The molecule has 5 rings (SSSR count). The van der Waals surface area contributed by atoms with E-state index in [2.05, 4.69) is 10.6 Å². The molecule has 1 aliphatic heterocycles. The second kappa shape index (κ2) is 12.1. The Morgan fingerprint density at radius 3 is 2.58 bits per heavy atom. The van der Waals surface area contributed by atoms with Crippen LogP contribution in [0.2, 0.25) is 5.02 Å². The summed E-state index contributed by atoms with van der Waals surface area (Å²) in [5, 5.41) is 13.9. The van der Waals surface area contributed by atoms with Crippen molar-refractivity contribution in [3.05, 3.63) is 67.6 Å². The van der Waals surface area contributed by atoms with E-state index in [0.717, 1.165) is 36.5 Å². The van der Waals surface area contributed by atoms with Crippen molar-refractivity contribution < 1.29 is 27.5 Å². The van der Waals surface area contributed by atoms with Gasteiger partial charge in [-0.05, 0) is 49.9 Å². The monoisotopic (exact) mass is 618 g/mol. The van der Waals surface area contributed by atoms with Crippen molar-refractivity contribution in [1.29, 1.82) is 5.26 Å². The molecule has 43 heavy (non-hydrogen) atoms. The van der Waals surface area contributed by atoms with Crippen LogP contribution in [0, 0.1) is 23.1 Å². The average molecular weight is 619 g/mol. The highest BCUT2D eigenvalue weighted by Gasteiger charge is 2.31. The van der Waals surface area contributed by atoms with Crippen LogP contribution >= 0.6 is 11.6 Å². The Kier molecular flexibility index (Phi) is 8.48. The number of alkyl halides is 2. The number of hydrogen-bond acceptors (Lipinski definition) is 6. The molecular weight excluding hydrogens is 593 g/mol. The zero-order valence-electron chi connectivity index (χ0n) is 22.8. The van der Waals surface area contributed by atoms with Gasteiger partial charge in [-0.2, -0.15) is 5.26 Å². The third-order valence-corrected chi connectivity index (χ3v) is 7.72. The van der Waals surface area contributed by atoms with E-state index in [0.29, 0.717) is 10.3 Å². The number of ether oxygens (including phenoxy) is 1. The first-order chi connectivity index (χ1) is 20.5. The second-order valence-corrected chi connectivity index (χ2v) is 10.9. The van der Waals surface area contributed by atoms with E-state index in [4.69, 9.17) is 21.6 Å². The summed E-state index contributed by atoms with van der Waals surface area (Å²) in [7, 11) is 0. The molecule has 2 fully saturated rings. The third-order valence-electron chi connectivity index (χ3n) is 7.41. The number of nitrogens with one attached hydrogen (secondary N) is 2. The van der Waals surface area contributed by atoms with Gasteiger partial charge in [0.25, 0.3) is 17.9 Å². The van der Waals surface area contributed by atoms with Crippen molar-refractivity contribution in [2.24, 2.45) is 5.92 Å². The molecular formula is C28H26ClF3N6O5. The van der Waals surface area contributed by atoms with Gasteiger partial charge in [0.05, 0.1) is 46.4 Å². The molecule has 3 aromatic rings. The molecule has 226 valence electrons. The summed E-state index contributed by atoms with van der Waals surface area (Å²) in [5.41, 5.74) is -1.89. The minimum absolute atomic E-state index is 0.0104. The number of urea groups is 1. The molecule has 3 amide bonds. The molecule has 1 aromatic heterocycles. The third kappa shape index (κ3) is 6.23. The highest BCUT2D eigenvalue weighted by molar-refractivity contribution is 6.32. The summed E-state index contributed by atoms with van der Waals surface area (Å²) < 4.78 is 49.7. The van der Waals surface area contributed by atoms with Gasteiger partial charge in [-0.25, -0.2) is 22.8 Å². The van der Waals surface area contributed by atoms with Crippen molar-refractivity contribution in [2.45, 2.75) is 44.9 Å². The zero-order valence-corrected chi connectivity index (χ0v) is 23.5. The summed E-state index contributed by atoms with van der Waals surface area (Å²) in [5.74, 6) is -1.56. The number of amides is 3. The molecule has 1 saturated heterocycles. The van der Waals surface area contributed by atoms with Gasteiger partial charge in [-0.3, -0.25) is 18.7 Å². The first-order valence-electron chi connectivity index (χ1n) is 13.4. The Balaban J connectivity index is 1.38. The van der Waals surface area contributed by atoms with Gasteiger partial charge in [0.15, 0.2) is 6.10 Å². The van der Waals surface area contributed by atoms with Crippen molar-refractivity contribution in [3.63, 3.8) is 0 Å². The number of carbonyl (C=O) groups is 2.